The first kappa shape index (κ1) is 35.1. The van der Waals surface area contributed by atoms with Crippen LogP contribution in [0, 0.1) is 27.7 Å². The molecule has 0 spiro atoms. The normalized spacial score (nSPS) is 10.9. The molecule has 12 nitrogen and oxygen atoms in total. The van der Waals surface area contributed by atoms with Gasteiger partial charge in [-0.25, -0.2) is 14.6 Å². The van der Waals surface area contributed by atoms with Crippen molar-refractivity contribution >= 4 is 22.7 Å². The van der Waals surface area contributed by atoms with Crippen molar-refractivity contribution in [3.63, 3.8) is 0 Å². The Hall–Kier alpha value is -6.17. The van der Waals surface area contributed by atoms with Crippen LogP contribution in [0.5, 0.6) is 0 Å². The molecule has 12 heteroatoms. The molecule has 3 N–H and O–H groups in total. The minimum atomic E-state index is -0.674. The lowest BCUT2D eigenvalue weighted by molar-refractivity contribution is 0.102. The first-order chi connectivity index (χ1) is 23.8. The molecule has 0 fully saturated rings. The Kier molecular flexibility index (Phi) is 10.2. The van der Waals surface area contributed by atoms with Gasteiger partial charge in [0, 0.05) is 22.3 Å². The molecule has 256 valence electrons. The fourth-order valence-electron chi connectivity index (χ4n) is 6.01. The first-order valence-corrected chi connectivity index (χ1v) is 16.1. The number of nitrogens with zero attached hydrogens (tertiary/aromatic N) is 2. The summed E-state index contributed by atoms with van der Waals surface area (Å²) in [6.07, 6.45) is 0.674. The lowest BCUT2D eigenvalue weighted by Gasteiger charge is -2.14. The van der Waals surface area contributed by atoms with Gasteiger partial charge in [-0.3, -0.25) is 33.7 Å². The fraction of sp³-hybridized carbons (Fsp3) is 0.237. The molecule has 6 rings (SSSR count). The molecule has 0 radical (unpaired) electrons. The molecule has 0 amide bonds. The van der Waals surface area contributed by atoms with Crippen molar-refractivity contribution in [3.8, 4) is 0 Å². The van der Waals surface area contributed by atoms with Gasteiger partial charge in [-0.1, -0.05) is 60.4 Å². The first-order valence-electron chi connectivity index (χ1n) is 16.1. The van der Waals surface area contributed by atoms with Gasteiger partial charge < -0.3 is 9.40 Å². The predicted octanol–water partition coefficient (Wildman–Crippen LogP) is 4.61. The molecule has 6 aromatic rings. The number of aromatic nitrogens is 5. The number of carbonyl (C=O) groups is 2. The average Bonchev–Trinajstić information content (AvgIpc) is 3.47. The number of aromatic amines is 3. The van der Waals surface area contributed by atoms with Gasteiger partial charge in [0.15, 0.2) is 5.58 Å². The zero-order valence-electron chi connectivity index (χ0n) is 28.6. The number of hydrogen-bond acceptors (Lipinski definition) is 8. The van der Waals surface area contributed by atoms with Crippen molar-refractivity contribution in [2.24, 2.45) is 0 Å². The summed E-state index contributed by atoms with van der Waals surface area (Å²) in [4.78, 5) is 85.5. The third-order valence-corrected chi connectivity index (χ3v) is 8.09. The lowest BCUT2D eigenvalue weighted by atomic mass is 9.99. The molecule has 3 heterocycles. The van der Waals surface area contributed by atoms with Gasteiger partial charge in [-0.2, -0.15) is 0 Å². The maximum atomic E-state index is 13.5. The second-order valence-electron chi connectivity index (χ2n) is 12.1. The Labute approximate surface area is 285 Å². The van der Waals surface area contributed by atoms with Crippen LogP contribution in [0.3, 0.4) is 0 Å². The second-order valence-corrected chi connectivity index (χ2v) is 12.1. The van der Waals surface area contributed by atoms with Crippen LogP contribution in [-0.2, 0) is 19.4 Å². The Balaban J connectivity index is 0.000000211. The van der Waals surface area contributed by atoms with Crippen molar-refractivity contribution < 1.29 is 14.0 Å². The highest BCUT2D eigenvalue weighted by molar-refractivity contribution is 6.09. The third-order valence-electron chi connectivity index (χ3n) is 8.09. The monoisotopic (exact) mass is 675 g/mol. The number of aryl methyl sites for hydroxylation is 4. The maximum absolute atomic E-state index is 13.5. The van der Waals surface area contributed by atoms with Crippen LogP contribution in [0.4, 0.5) is 0 Å². The van der Waals surface area contributed by atoms with Crippen LogP contribution in [0.1, 0.15) is 85.2 Å². The van der Waals surface area contributed by atoms with Gasteiger partial charge in [0.25, 0.3) is 11.1 Å². The van der Waals surface area contributed by atoms with Crippen molar-refractivity contribution in [1.82, 2.24) is 24.5 Å². The van der Waals surface area contributed by atoms with Gasteiger partial charge in [0.2, 0.25) is 17.5 Å². The number of para-hydroxylation sites is 2. The minimum absolute atomic E-state index is 0.0663. The maximum Gasteiger partial charge on any atom is 0.329 e. The van der Waals surface area contributed by atoms with Gasteiger partial charge in [0.05, 0.1) is 5.69 Å². The highest BCUT2D eigenvalue weighted by atomic mass is 16.3. The molecule has 0 unspecified atom stereocenters. The largest absolute Gasteiger partial charge is 0.439 e. The van der Waals surface area contributed by atoms with Crippen LogP contribution < -0.4 is 22.5 Å². The number of nitrogens with one attached hydrogen (secondary N) is 3. The summed E-state index contributed by atoms with van der Waals surface area (Å²) in [7, 11) is 0. The van der Waals surface area contributed by atoms with Gasteiger partial charge in [0.1, 0.15) is 17.8 Å². The van der Waals surface area contributed by atoms with Crippen LogP contribution in [0.25, 0.3) is 11.1 Å². The van der Waals surface area contributed by atoms with Gasteiger partial charge >= 0.3 is 11.4 Å². The number of rotatable bonds is 8. The highest BCUT2D eigenvalue weighted by Gasteiger charge is 2.23. The Bertz CT molecular complexity index is 2440. The van der Waals surface area contributed by atoms with E-state index in [1.54, 1.807) is 50.2 Å². The van der Waals surface area contributed by atoms with Crippen LogP contribution >= 0.6 is 0 Å². The smallest absolute Gasteiger partial charge is 0.329 e. The summed E-state index contributed by atoms with van der Waals surface area (Å²) in [6, 6.07) is 18.2. The molecular weight excluding hydrogens is 638 g/mol. The Morgan fingerprint density at radius 2 is 1.24 bits per heavy atom. The molecule has 3 aromatic heterocycles. The van der Waals surface area contributed by atoms with E-state index in [1.165, 1.54) is 4.57 Å². The summed E-state index contributed by atoms with van der Waals surface area (Å²) < 4.78 is 6.98. The number of benzene rings is 3. The van der Waals surface area contributed by atoms with Crippen molar-refractivity contribution in [2.45, 2.75) is 60.9 Å². The fourth-order valence-corrected chi connectivity index (χ4v) is 6.01. The van der Waals surface area contributed by atoms with E-state index in [0.29, 0.717) is 40.6 Å². The zero-order chi connectivity index (χ0) is 36.3. The van der Waals surface area contributed by atoms with Crippen LogP contribution in [-0.4, -0.2) is 36.1 Å². The molecule has 3 aromatic carbocycles. The minimum Gasteiger partial charge on any atom is -0.439 e. The van der Waals surface area contributed by atoms with E-state index in [4.69, 9.17) is 4.42 Å². The number of carbonyl (C=O) groups excluding carboxylic acids is 2. The van der Waals surface area contributed by atoms with Crippen LogP contribution in [0.15, 0.2) is 84.3 Å². The predicted molar refractivity (Wildman–Crippen MR) is 190 cm³/mol. The van der Waals surface area contributed by atoms with E-state index >= 15 is 0 Å². The quantitative estimate of drug-likeness (QED) is 0.196. The topological polar surface area (TPSA) is 181 Å². The summed E-state index contributed by atoms with van der Waals surface area (Å²) in [5.41, 5.74) is 4.21. The van der Waals surface area contributed by atoms with E-state index in [2.05, 4.69) is 19.9 Å². The van der Waals surface area contributed by atoms with E-state index in [0.717, 1.165) is 22.3 Å². The van der Waals surface area contributed by atoms with Gasteiger partial charge in [-0.05, 0) is 76.9 Å². The number of oxazole rings is 1. The molecule has 0 aliphatic rings. The molecule has 0 saturated carbocycles. The van der Waals surface area contributed by atoms with E-state index in [9.17, 15) is 28.8 Å². The number of H-pyrrole nitrogens is 3. The summed E-state index contributed by atoms with van der Waals surface area (Å²) in [5, 5.41) is 0. The van der Waals surface area contributed by atoms with Crippen molar-refractivity contribution in [3.05, 3.63) is 164 Å². The summed E-state index contributed by atoms with van der Waals surface area (Å²) in [6.45, 7) is 11.1. The number of hydrogen-bond donors (Lipinski definition) is 3. The lowest BCUT2D eigenvalue weighted by Crippen LogP contribution is -2.37. The summed E-state index contributed by atoms with van der Waals surface area (Å²) >= 11 is 0. The van der Waals surface area contributed by atoms with E-state index in [1.807, 2.05) is 52.0 Å². The SMILES string of the molecule is CCc1c(C(=O)c2cc(C)cc(C)c2)[nH]c(=O)[nH]c1=O.CCc1c(C(=O)c2cc(C)cc(C)c2)n(Cc2nc3ccccc3o2)c(=O)[nH]c1=O. The summed E-state index contributed by atoms with van der Waals surface area (Å²) in [5.74, 6) is -0.434. The second kappa shape index (κ2) is 14.5. The van der Waals surface area contributed by atoms with Crippen molar-refractivity contribution in [1.29, 1.82) is 0 Å². The molecule has 0 bridgehead atoms. The molecule has 0 aliphatic carbocycles. The molecule has 50 heavy (non-hydrogen) atoms. The Morgan fingerprint density at radius 1 is 0.700 bits per heavy atom. The van der Waals surface area contributed by atoms with E-state index in [-0.39, 0.29) is 41.0 Å². The highest BCUT2D eigenvalue weighted by Crippen LogP contribution is 2.19. The number of ketones is 2. The van der Waals surface area contributed by atoms with Crippen LogP contribution in [0.2, 0.25) is 0 Å². The zero-order valence-corrected chi connectivity index (χ0v) is 28.6. The van der Waals surface area contributed by atoms with Gasteiger partial charge in [-0.15, -0.1) is 0 Å². The molecule has 0 saturated heterocycles. The standard InChI is InChI=1S/C23H21N3O4.C15H16N2O3/c1-4-16-20(21(27)15-10-13(2)9-14(3)11-15)26(23(29)25-22(16)28)12-19-24-17-7-5-6-8-18(17)30-19;1-4-11-12(16-15(20)17-14(11)19)13(18)10-6-8(2)5-9(3)7-10/h5-11H,4,12H2,1-3H3,(H,25,28,29);5-7H,4H2,1-3H3,(H2,16,17,19,20). The third kappa shape index (κ3) is 7.44. The molecule has 0 aliphatic heterocycles. The molecule has 0 atom stereocenters. The van der Waals surface area contributed by atoms with E-state index < -0.39 is 22.5 Å². The average molecular weight is 676 g/mol. The number of fused-ring (bicyclic) bond motifs is 1. The molecular formula is C38H37N5O7. The van der Waals surface area contributed by atoms with Crippen molar-refractivity contribution in [2.75, 3.05) is 0 Å². The Morgan fingerprint density at radius 3 is 1.80 bits per heavy atom.